The molecule has 3 nitrogen and oxygen atoms in total. The molecule has 0 bridgehead atoms. The van der Waals surface area contributed by atoms with Crippen LogP contribution in [-0.2, 0) is 6.42 Å². The smallest absolute Gasteiger partial charge is 0.0849 e. The Morgan fingerprint density at radius 2 is 1.81 bits per heavy atom. The van der Waals surface area contributed by atoms with Crippen LogP contribution in [0.2, 0.25) is 0 Å². The van der Waals surface area contributed by atoms with E-state index < -0.39 is 11.7 Å². The van der Waals surface area contributed by atoms with Crippen molar-refractivity contribution in [2.24, 2.45) is 0 Å². The van der Waals surface area contributed by atoms with Gasteiger partial charge in [0.25, 0.3) is 0 Å². The monoisotopic (exact) mass is 355 g/mol. The van der Waals surface area contributed by atoms with Crippen molar-refractivity contribution >= 4 is 10.9 Å². The molecule has 0 saturated carbocycles. The lowest BCUT2D eigenvalue weighted by atomic mass is 9.95. The Kier molecular flexibility index (Phi) is 7.24. The first-order valence-electron chi connectivity index (χ1n) is 9.54. The average molecular weight is 356 g/mol. The van der Waals surface area contributed by atoms with Gasteiger partial charge in [0, 0.05) is 17.1 Å². The number of hydrogen-bond acceptors (Lipinski definition) is 2. The van der Waals surface area contributed by atoms with Crippen molar-refractivity contribution in [3.8, 4) is 0 Å². The van der Waals surface area contributed by atoms with Crippen molar-refractivity contribution in [1.29, 1.82) is 0 Å². The summed E-state index contributed by atoms with van der Waals surface area (Å²) in [5, 5.41) is 21.0. The Morgan fingerprint density at radius 3 is 2.54 bits per heavy atom. The van der Waals surface area contributed by atoms with Crippen LogP contribution < -0.4 is 0 Å². The van der Waals surface area contributed by atoms with Crippen LogP contribution in [0.1, 0.15) is 58.9 Å². The number of allylic oxidation sites excluding steroid dienone is 4. The standard InChI is InChI=1S/C23H33NO2/c1-17(8-7-9-18(2)13-15-22(25)23(3,4)26)12-14-19-16-24-21-11-6-5-10-20(19)21/h5-6,9-12,16,22,24-26H,7-8,13-15H2,1-4H3/t22-/m0/s1. The maximum atomic E-state index is 9.90. The fraction of sp³-hybridized carbons (Fsp3) is 0.478. The molecule has 3 N–H and O–H groups in total. The highest BCUT2D eigenvalue weighted by molar-refractivity contribution is 5.83. The zero-order valence-corrected chi connectivity index (χ0v) is 16.5. The van der Waals surface area contributed by atoms with E-state index in [9.17, 15) is 10.2 Å². The first-order valence-corrected chi connectivity index (χ1v) is 9.54. The van der Waals surface area contributed by atoms with Crippen molar-refractivity contribution in [1.82, 2.24) is 4.98 Å². The van der Waals surface area contributed by atoms with E-state index in [0.717, 1.165) is 25.7 Å². The Morgan fingerprint density at radius 1 is 1.12 bits per heavy atom. The lowest BCUT2D eigenvalue weighted by molar-refractivity contribution is -0.0509. The minimum Gasteiger partial charge on any atom is -0.390 e. The van der Waals surface area contributed by atoms with Crippen LogP contribution in [0.3, 0.4) is 0 Å². The highest BCUT2D eigenvalue weighted by Crippen LogP contribution is 2.20. The van der Waals surface area contributed by atoms with Crippen LogP contribution in [0.4, 0.5) is 0 Å². The van der Waals surface area contributed by atoms with E-state index in [2.05, 4.69) is 61.4 Å². The summed E-state index contributed by atoms with van der Waals surface area (Å²) in [4.78, 5) is 3.33. The molecule has 26 heavy (non-hydrogen) atoms. The molecule has 0 aliphatic rings. The summed E-state index contributed by atoms with van der Waals surface area (Å²) in [5.41, 5.74) is 4.18. The number of rotatable bonds is 9. The fourth-order valence-electron chi connectivity index (χ4n) is 3.05. The molecule has 0 radical (unpaired) electrons. The van der Waals surface area contributed by atoms with Crippen LogP contribution in [0.15, 0.2) is 53.8 Å². The van der Waals surface area contributed by atoms with Gasteiger partial charge in [-0.3, -0.25) is 0 Å². The van der Waals surface area contributed by atoms with Crippen molar-refractivity contribution in [2.45, 2.75) is 71.5 Å². The predicted octanol–water partition coefficient (Wildman–Crippen LogP) is 5.30. The molecular weight excluding hydrogens is 322 g/mol. The van der Waals surface area contributed by atoms with Gasteiger partial charge in [0.1, 0.15) is 0 Å². The number of aliphatic hydroxyl groups excluding tert-OH is 1. The normalized spacial score (nSPS) is 14.8. The van der Waals surface area contributed by atoms with E-state index >= 15 is 0 Å². The second kappa shape index (κ2) is 9.20. The molecule has 2 rings (SSSR count). The Hall–Kier alpha value is -1.84. The highest BCUT2D eigenvalue weighted by atomic mass is 16.3. The molecule has 1 aromatic heterocycles. The average Bonchev–Trinajstić information content (AvgIpc) is 3.00. The van der Waals surface area contributed by atoms with Crippen LogP contribution in [0.5, 0.6) is 0 Å². The lowest BCUT2D eigenvalue weighted by Crippen LogP contribution is -2.35. The molecular formula is C23H33NO2. The lowest BCUT2D eigenvalue weighted by Gasteiger charge is -2.24. The topological polar surface area (TPSA) is 56.2 Å². The van der Waals surface area contributed by atoms with Crippen molar-refractivity contribution in [3.05, 3.63) is 59.3 Å². The summed E-state index contributed by atoms with van der Waals surface area (Å²) < 4.78 is 0. The summed E-state index contributed by atoms with van der Waals surface area (Å²) in [5.74, 6) is 0. The van der Waals surface area contributed by atoms with Gasteiger partial charge in [-0.1, -0.05) is 41.5 Å². The Bertz CT molecular complexity index is 762. The van der Waals surface area contributed by atoms with Gasteiger partial charge in [-0.05, 0) is 71.4 Å². The zero-order valence-electron chi connectivity index (χ0n) is 16.5. The van der Waals surface area contributed by atoms with E-state index in [1.54, 1.807) is 13.8 Å². The molecule has 0 saturated heterocycles. The molecule has 1 aromatic carbocycles. The molecule has 1 heterocycles. The molecule has 0 unspecified atom stereocenters. The van der Waals surface area contributed by atoms with Gasteiger partial charge in [0.15, 0.2) is 0 Å². The van der Waals surface area contributed by atoms with Gasteiger partial charge in [-0.25, -0.2) is 0 Å². The van der Waals surface area contributed by atoms with Crippen LogP contribution in [0, 0.1) is 0 Å². The first kappa shape index (κ1) is 20.5. The van der Waals surface area contributed by atoms with Gasteiger partial charge < -0.3 is 15.2 Å². The Balaban J connectivity index is 1.78. The number of hydrogen-bond donors (Lipinski definition) is 3. The third-order valence-corrected chi connectivity index (χ3v) is 5.00. The summed E-state index contributed by atoms with van der Waals surface area (Å²) in [6, 6.07) is 8.41. The molecule has 0 spiro atoms. The molecule has 142 valence electrons. The molecule has 2 aromatic rings. The first-order chi connectivity index (χ1) is 12.3. The predicted molar refractivity (Wildman–Crippen MR) is 110 cm³/mol. The summed E-state index contributed by atoms with van der Waals surface area (Å²) in [7, 11) is 0. The van der Waals surface area contributed by atoms with Crippen LogP contribution in [-0.4, -0.2) is 26.9 Å². The number of nitrogens with one attached hydrogen (secondary N) is 1. The van der Waals surface area contributed by atoms with Gasteiger partial charge in [-0.15, -0.1) is 0 Å². The second-order valence-electron chi connectivity index (χ2n) is 7.91. The van der Waals surface area contributed by atoms with Gasteiger partial charge in [0.2, 0.25) is 0 Å². The molecule has 3 heteroatoms. The summed E-state index contributed by atoms with van der Waals surface area (Å²) in [6.45, 7) is 7.59. The van der Waals surface area contributed by atoms with Gasteiger partial charge in [-0.2, -0.15) is 0 Å². The maximum Gasteiger partial charge on any atom is 0.0849 e. The van der Waals surface area contributed by atoms with Crippen LogP contribution >= 0.6 is 0 Å². The fourth-order valence-corrected chi connectivity index (χ4v) is 3.05. The summed E-state index contributed by atoms with van der Waals surface area (Å²) in [6.07, 6.45) is 10.4. The number of aliphatic hydroxyl groups is 2. The van der Waals surface area contributed by atoms with Gasteiger partial charge in [0.05, 0.1) is 11.7 Å². The quantitative estimate of drug-likeness (QED) is 0.535. The third kappa shape index (κ3) is 6.15. The molecule has 0 amide bonds. The van der Waals surface area contributed by atoms with Crippen molar-refractivity contribution in [3.63, 3.8) is 0 Å². The van der Waals surface area contributed by atoms with E-state index in [4.69, 9.17) is 0 Å². The number of para-hydroxylation sites is 1. The zero-order chi connectivity index (χ0) is 19.2. The molecule has 0 fully saturated rings. The number of benzene rings is 1. The second-order valence-corrected chi connectivity index (χ2v) is 7.91. The molecule has 0 aliphatic carbocycles. The SMILES string of the molecule is CC(=CCc1c[nH]c2ccccc12)CCC=C(C)CC[C@H](O)C(C)(C)O. The largest absolute Gasteiger partial charge is 0.390 e. The molecule has 0 aliphatic heterocycles. The van der Waals surface area contributed by atoms with E-state index in [1.165, 1.54) is 27.6 Å². The minimum atomic E-state index is -1.03. The van der Waals surface area contributed by atoms with Gasteiger partial charge >= 0.3 is 0 Å². The van der Waals surface area contributed by atoms with E-state index in [1.807, 2.05) is 0 Å². The van der Waals surface area contributed by atoms with E-state index in [0.29, 0.717) is 6.42 Å². The minimum absolute atomic E-state index is 0.598. The van der Waals surface area contributed by atoms with Crippen molar-refractivity contribution in [2.75, 3.05) is 0 Å². The van der Waals surface area contributed by atoms with Crippen molar-refractivity contribution < 1.29 is 10.2 Å². The highest BCUT2D eigenvalue weighted by Gasteiger charge is 2.23. The van der Waals surface area contributed by atoms with Crippen LogP contribution in [0.25, 0.3) is 10.9 Å². The number of aromatic nitrogens is 1. The molecule has 1 atom stereocenters. The van der Waals surface area contributed by atoms with E-state index in [-0.39, 0.29) is 0 Å². The number of aromatic amines is 1. The number of fused-ring (bicyclic) bond motifs is 1. The number of H-pyrrole nitrogens is 1. The maximum absolute atomic E-state index is 9.90. The summed E-state index contributed by atoms with van der Waals surface area (Å²) >= 11 is 0. The third-order valence-electron chi connectivity index (χ3n) is 5.00. The Labute approximate surface area is 157 Å².